The summed E-state index contributed by atoms with van der Waals surface area (Å²) in [7, 11) is 1.67. The first kappa shape index (κ1) is 13.7. The quantitative estimate of drug-likeness (QED) is 0.672. The molecule has 1 heterocycles. The third-order valence-corrected chi connectivity index (χ3v) is 3.49. The van der Waals surface area contributed by atoms with Gasteiger partial charge in [0.25, 0.3) is 0 Å². The van der Waals surface area contributed by atoms with Crippen LogP contribution in [0.3, 0.4) is 0 Å². The van der Waals surface area contributed by atoms with Crippen molar-refractivity contribution < 1.29 is 4.74 Å². The molecule has 0 fully saturated rings. The zero-order chi connectivity index (χ0) is 14.7. The topological polar surface area (TPSA) is 22.1 Å². The molecule has 0 aliphatic rings. The van der Waals surface area contributed by atoms with Crippen molar-refractivity contribution in [2.45, 2.75) is 0 Å². The first-order valence-corrected chi connectivity index (χ1v) is 7.02. The highest BCUT2D eigenvalue weighted by Crippen LogP contribution is 2.30. The summed E-state index contributed by atoms with van der Waals surface area (Å²) in [5.74, 6) is 0.813. The molecule has 0 unspecified atom stereocenters. The molecule has 21 heavy (non-hydrogen) atoms. The number of hydrogen-bond donors (Lipinski definition) is 0. The van der Waals surface area contributed by atoms with Gasteiger partial charge in [0.05, 0.1) is 18.5 Å². The second-order valence-corrected chi connectivity index (χ2v) is 5.06. The van der Waals surface area contributed by atoms with Crippen LogP contribution < -0.4 is 4.74 Å². The number of halogens is 1. The van der Waals surface area contributed by atoms with Crippen LogP contribution in [0.25, 0.3) is 22.5 Å². The molecule has 0 atom stereocenters. The molecule has 0 amide bonds. The van der Waals surface area contributed by atoms with Crippen molar-refractivity contribution in [3.05, 3.63) is 71.8 Å². The van der Waals surface area contributed by atoms with Crippen molar-refractivity contribution >= 4 is 11.6 Å². The average molecular weight is 296 g/mol. The lowest BCUT2D eigenvalue weighted by molar-refractivity contribution is 0.416. The number of methoxy groups -OCH3 is 1. The normalized spacial score (nSPS) is 10.4. The number of nitrogens with zero attached hydrogens (tertiary/aromatic N) is 1. The summed E-state index contributed by atoms with van der Waals surface area (Å²) in [6.45, 7) is 0. The number of ether oxygens (including phenoxy) is 1. The van der Waals surface area contributed by atoms with Crippen LogP contribution in [0.2, 0.25) is 5.02 Å². The molecule has 0 saturated heterocycles. The van der Waals surface area contributed by atoms with Crippen LogP contribution in [0, 0.1) is 0 Å². The summed E-state index contributed by atoms with van der Waals surface area (Å²) in [5.41, 5.74) is 3.74. The van der Waals surface area contributed by atoms with Crippen LogP contribution in [0.5, 0.6) is 5.75 Å². The van der Waals surface area contributed by atoms with Crippen molar-refractivity contribution in [2.24, 2.45) is 0 Å². The van der Waals surface area contributed by atoms with Crippen molar-refractivity contribution in [1.82, 2.24) is 4.98 Å². The maximum Gasteiger partial charge on any atom is 0.128 e. The predicted molar refractivity (Wildman–Crippen MR) is 86.7 cm³/mol. The summed E-state index contributed by atoms with van der Waals surface area (Å²) in [5, 5.41) is 0.706. The summed E-state index contributed by atoms with van der Waals surface area (Å²) < 4.78 is 5.40. The summed E-state index contributed by atoms with van der Waals surface area (Å²) in [6, 6.07) is 21.5. The van der Waals surface area contributed by atoms with E-state index in [9.17, 15) is 0 Å². The minimum atomic E-state index is 0.706. The lowest BCUT2D eigenvalue weighted by Crippen LogP contribution is -1.91. The Morgan fingerprint density at radius 1 is 0.857 bits per heavy atom. The van der Waals surface area contributed by atoms with Crippen molar-refractivity contribution in [1.29, 1.82) is 0 Å². The highest BCUT2D eigenvalue weighted by Gasteiger charge is 2.08. The molecule has 104 valence electrons. The maximum atomic E-state index is 6.05. The molecule has 2 aromatic carbocycles. The van der Waals surface area contributed by atoms with E-state index in [1.165, 1.54) is 0 Å². The monoisotopic (exact) mass is 295 g/mol. The average Bonchev–Trinajstić information content (AvgIpc) is 2.55. The Hall–Kier alpha value is -2.32. The Morgan fingerprint density at radius 3 is 2.43 bits per heavy atom. The van der Waals surface area contributed by atoms with Gasteiger partial charge in [0.15, 0.2) is 0 Å². The van der Waals surface area contributed by atoms with Gasteiger partial charge in [-0.2, -0.15) is 0 Å². The standard InChI is InChI=1S/C18H14ClNO/c1-21-18-11-3-2-8-15(18)17-10-5-9-16(20-17)13-6-4-7-14(19)12-13/h2-12H,1H3. The number of pyridine rings is 1. The minimum absolute atomic E-state index is 0.706. The number of para-hydroxylation sites is 1. The molecule has 0 aliphatic heterocycles. The molecule has 3 rings (SSSR count). The van der Waals surface area contributed by atoms with E-state index >= 15 is 0 Å². The second kappa shape index (κ2) is 5.98. The molecule has 1 aromatic heterocycles. The Bertz CT molecular complexity index is 770. The van der Waals surface area contributed by atoms with E-state index in [-0.39, 0.29) is 0 Å². The molecule has 3 aromatic rings. The third-order valence-electron chi connectivity index (χ3n) is 3.25. The lowest BCUT2D eigenvalue weighted by Gasteiger charge is -2.09. The van der Waals surface area contributed by atoms with Gasteiger partial charge in [-0.05, 0) is 36.4 Å². The van der Waals surface area contributed by atoms with E-state index in [4.69, 9.17) is 21.3 Å². The van der Waals surface area contributed by atoms with E-state index < -0.39 is 0 Å². The van der Waals surface area contributed by atoms with Crippen LogP contribution in [0.4, 0.5) is 0 Å². The summed E-state index contributed by atoms with van der Waals surface area (Å²) in [4.78, 5) is 4.72. The van der Waals surface area contributed by atoms with E-state index in [2.05, 4.69) is 0 Å². The molecule has 0 N–H and O–H groups in total. The van der Waals surface area contributed by atoms with Crippen LogP contribution in [-0.2, 0) is 0 Å². The van der Waals surface area contributed by atoms with Crippen molar-refractivity contribution in [2.75, 3.05) is 7.11 Å². The van der Waals surface area contributed by atoms with Crippen LogP contribution in [-0.4, -0.2) is 12.1 Å². The largest absolute Gasteiger partial charge is 0.496 e. The fraction of sp³-hybridized carbons (Fsp3) is 0.0556. The molecule has 0 radical (unpaired) electrons. The Labute approximate surface area is 129 Å². The zero-order valence-electron chi connectivity index (χ0n) is 11.6. The van der Waals surface area contributed by atoms with Gasteiger partial charge in [-0.1, -0.05) is 41.9 Å². The fourth-order valence-corrected chi connectivity index (χ4v) is 2.44. The van der Waals surface area contributed by atoms with Crippen LogP contribution in [0.1, 0.15) is 0 Å². The van der Waals surface area contributed by atoms with Gasteiger partial charge in [-0.15, -0.1) is 0 Å². The van der Waals surface area contributed by atoms with Gasteiger partial charge in [-0.25, -0.2) is 4.98 Å². The lowest BCUT2D eigenvalue weighted by atomic mass is 10.1. The Kier molecular flexibility index (Phi) is 3.89. The van der Waals surface area contributed by atoms with E-state index in [1.54, 1.807) is 7.11 Å². The predicted octanol–water partition coefficient (Wildman–Crippen LogP) is 5.08. The van der Waals surface area contributed by atoms with Crippen molar-refractivity contribution in [3.8, 4) is 28.3 Å². The second-order valence-electron chi connectivity index (χ2n) is 4.62. The molecule has 0 aliphatic carbocycles. The minimum Gasteiger partial charge on any atom is -0.496 e. The van der Waals surface area contributed by atoms with Crippen LogP contribution in [0.15, 0.2) is 66.7 Å². The van der Waals surface area contributed by atoms with Crippen LogP contribution >= 0.6 is 11.6 Å². The van der Waals surface area contributed by atoms with Gasteiger partial charge in [0.1, 0.15) is 5.75 Å². The number of aromatic nitrogens is 1. The molecule has 3 heteroatoms. The molecule has 0 saturated carbocycles. The Balaban J connectivity index is 2.08. The molecule has 0 bridgehead atoms. The highest BCUT2D eigenvalue weighted by molar-refractivity contribution is 6.30. The van der Waals surface area contributed by atoms with Gasteiger partial charge in [-0.3, -0.25) is 0 Å². The van der Waals surface area contributed by atoms with E-state index in [0.717, 1.165) is 28.3 Å². The maximum absolute atomic E-state index is 6.05. The smallest absolute Gasteiger partial charge is 0.128 e. The van der Waals surface area contributed by atoms with E-state index in [1.807, 2.05) is 66.7 Å². The molecule has 2 nitrogen and oxygen atoms in total. The van der Waals surface area contributed by atoms with Gasteiger partial charge >= 0.3 is 0 Å². The summed E-state index contributed by atoms with van der Waals surface area (Å²) in [6.07, 6.45) is 0. The van der Waals surface area contributed by atoms with Crippen molar-refractivity contribution in [3.63, 3.8) is 0 Å². The van der Waals surface area contributed by atoms with Gasteiger partial charge < -0.3 is 4.74 Å². The summed E-state index contributed by atoms with van der Waals surface area (Å²) >= 11 is 6.05. The number of rotatable bonds is 3. The van der Waals surface area contributed by atoms with E-state index in [0.29, 0.717) is 5.02 Å². The molecular formula is C18H14ClNO. The highest BCUT2D eigenvalue weighted by atomic mass is 35.5. The molecule has 0 spiro atoms. The van der Waals surface area contributed by atoms with Gasteiger partial charge in [0.2, 0.25) is 0 Å². The Morgan fingerprint density at radius 2 is 1.62 bits per heavy atom. The zero-order valence-corrected chi connectivity index (χ0v) is 12.3. The van der Waals surface area contributed by atoms with Gasteiger partial charge in [0, 0.05) is 16.1 Å². The number of hydrogen-bond acceptors (Lipinski definition) is 2. The first-order valence-electron chi connectivity index (χ1n) is 6.64. The number of benzene rings is 2. The third kappa shape index (κ3) is 2.91. The fourth-order valence-electron chi connectivity index (χ4n) is 2.25. The molecular weight excluding hydrogens is 282 g/mol. The first-order chi connectivity index (χ1) is 10.3. The SMILES string of the molecule is COc1ccccc1-c1cccc(-c2cccc(Cl)c2)n1.